The molecule has 0 saturated heterocycles. The van der Waals surface area contributed by atoms with Gasteiger partial charge in [0.15, 0.2) is 17.2 Å². The molecule has 0 saturated carbocycles. The fourth-order valence-electron chi connectivity index (χ4n) is 0.777. The second-order valence-electron chi connectivity index (χ2n) is 3.16. The van der Waals surface area contributed by atoms with Crippen molar-refractivity contribution in [3.8, 4) is 0 Å². The summed E-state index contributed by atoms with van der Waals surface area (Å²) >= 11 is 0. The van der Waals surface area contributed by atoms with Crippen LogP contribution in [0.1, 0.15) is 40.0 Å². The lowest BCUT2D eigenvalue weighted by atomic mass is 9.93. The Kier molecular flexibility index (Phi) is 4.10. The molecule has 0 spiro atoms. The molecule has 0 aromatic heterocycles. The normalized spacial score (nSPS) is 15.3. The monoisotopic (exact) mass is 172 g/mol. The van der Waals surface area contributed by atoms with Crippen molar-refractivity contribution in [1.82, 2.24) is 0 Å². The zero-order valence-electron chi connectivity index (χ0n) is 7.89. The smallest absolute Gasteiger partial charge is 0.177 e. The average Bonchev–Trinajstić information content (AvgIpc) is 1.99. The molecular formula is C9H16O3. The second-order valence-corrected chi connectivity index (χ2v) is 3.16. The summed E-state index contributed by atoms with van der Waals surface area (Å²) in [6.07, 6.45) is 1.89. The molecule has 1 N–H and O–H groups in total. The number of rotatable bonds is 5. The van der Waals surface area contributed by atoms with Crippen LogP contribution in [0.2, 0.25) is 0 Å². The molecule has 0 aliphatic carbocycles. The van der Waals surface area contributed by atoms with E-state index in [1.807, 2.05) is 6.92 Å². The van der Waals surface area contributed by atoms with Gasteiger partial charge in [0.25, 0.3) is 0 Å². The standard InChI is InChI=1S/C9H16O3/c1-4-5-6-8(11)9(3,12)7(2)10/h12H,4-6H2,1-3H3/t9-/m1/s1. The van der Waals surface area contributed by atoms with Crippen molar-refractivity contribution in [3.63, 3.8) is 0 Å². The van der Waals surface area contributed by atoms with Gasteiger partial charge in [-0.05, 0) is 20.3 Å². The predicted molar refractivity (Wildman–Crippen MR) is 45.8 cm³/mol. The number of hydrogen-bond acceptors (Lipinski definition) is 3. The van der Waals surface area contributed by atoms with Crippen LogP contribution in [0.4, 0.5) is 0 Å². The van der Waals surface area contributed by atoms with Crippen LogP contribution in [-0.4, -0.2) is 22.3 Å². The van der Waals surface area contributed by atoms with Gasteiger partial charge < -0.3 is 5.11 Å². The van der Waals surface area contributed by atoms with Crippen LogP contribution in [0.5, 0.6) is 0 Å². The van der Waals surface area contributed by atoms with Gasteiger partial charge in [0.2, 0.25) is 0 Å². The zero-order chi connectivity index (χ0) is 9.78. The highest BCUT2D eigenvalue weighted by Gasteiger charge is 2.33. The summed E-state index contributed by atoms with van der Waals surface area (Å²) in [5.41, 5.74) is -1.77. The number of hydrogen-bond donors (Lipinski definition) is 1. The lowest BCUT2D eigenvalue weighted by Crippen LogP contribution is -2.42. The Labute approximate surface area is 72.8 Å². The van der Waals surface area contributed by atoms with E-state index in [-0.39, 0.29) is 12.2 Å². The molecular weight excluding hydrogens is 156 g/mol. The summed E-state index contributed by atoms with van der Waals surface area (Å²) in [6.45, 7) is 4.44. The van der Waals surface area contributed by atoms with Crippen molar-refractivity contribution < 1.29 is 14.7 Å². The summed E-state index contributed by atoms with van der Waals surface area (Å²) in [7, 11) is 0. The summed E-state index contributed by atoms with van der Waals surface area (Å²) in [5, 5.41) is 9.39. The van der Waals surface area contributed by atoms with Crippen molar-refractivity contribution in [2.24, 2.45) is 0 Å². The lowest BCUT2D eigenvalue weighted by molar-refractivity contribution is -0.147. The summed E-state index contributed by atoms with van der Waals surface area (Å²) in [4.78, 5) is 22.0. The van der Waals surface area contributed by atoms with Crippen molar-refractivity contribution in [1.29, 1.82) is 0 Å². The average molecular weight is 172 g/mol. The number of Topliss-reactive ketones (excluding diaryl/α,β-unsaturated/α-hetero) is 2. The molecule has 0 aliphatic heterocycles. The van der Waals surface area contributed by atoms with Crippen molar-refractivity contribution in [3.05, 3.63) is 0 Å². The van der Waals surface area contributed by atoms with E-state index in [9.17, 15) is 14.7 Å². The van der Waals surface area contributed by atoms with Gasteiger partial charge in [0.1, 0.15) is 0 Å². The van der Waals surface area contributed by atoms with E-state index >= 15 is 0 Å². The topological polar surface area (TPSA) is 54.4 Å². The maximum Gasteiger partial charge on any atom is 0.177 e. The zero-order valence-corrected chi connectivity index (χ0v) is 7.89. The number of ketones is 2. The Balaban J connectivity index is 4.16. The van der Waals surface area contributed by atoms with Crippen LogP contribution in [0.3, 0.4) is 0 Å². The van der Waals surface area contributed by atoms with Gasteiger partial charge in [-0.25, -0.2) is 0 Å². The van der Waals surface area contributed by atoms with E-state index in [1.54, 1.807) is 0 Å². The molecule has 0 aromatic carbocycles. The molecule has 0 unspecified atom stereocenters. The van der Waals surface area contributed by atoms with Gasteiger partial charge in [-0.15, -0.1) is 0 Å². The van der Waals surface area contributed by atoms with Gasteiger partial charge in [-0.3, -0.25) is 9.59 Å². The highest BCUT2D eigenvalue weighted by Crippen LogP contribution is 2.11. The highest BCUT2D eigenvalue weighted by atomic mass is 16.3. The third-order valence-corrected chi connectivity index (χ3v) is 1.99. The van der Waals surface area contributed by atoms with E-state index in [1.165, 1.54) is 13.8 Å². The molecule has 0 amide bonds. The summed E-state index contributed by atoms with van der Waals surface area (Å²) in [6, 6.07) is 0. The third-order valence-electron chi connectivity index (χ3n) is 1.99. The molecule has 3 heteroatoms. The molecule has 0 heterocycles. The fourth-order valence-corrected chi connectivity index (χ4v) is 0.777. The Bertz CT molecular complexity index is 182. The molecule has 12 heavy (non-hydrogen) atoms. The highest BCUT2D eigenvalue weighted by molar-refractivity contribution is 6.08. The Morgan fingerprint density at radius 1 is 1.42 bits per heavy atom. The Morgan fingerprint density at radius 2 is 1.92 bits per heavy atom. The molecule has 0 rings (SSSR count). The van der Waals surface area contributed by atoms with Gasteiger partial charge in [0.05, 0.1) is 0 Å². The summed E-state index contributed by atoms with van der Waals surface area (Å²) < 4.78 is 0. The molecule has 3 nitrogen and oxygen atoms in total. The second kappa shape index (κ2) is 4.36. The number of aliphatic hydroxyl groups is 1. The molecule has 0 aromatic rings. The number of carbonyl (C=O) groups is 2. The maximum atomic E-state index is 11.2. The van der Waals surface area contributed by atoms with Crippen LogP contribution < -0.4 is 0 Å². The minimum Gasteiger partial charge on any atom is -0.375 e. The van der Waals surface area contributed by atoms with Crippen molar-refractivity contribution in [2.45, 2.75) is 45.6 Å². The lowest BCUT2D eigenvalue weighted by Gasteiger charge is -2.17. The van der Waals surface area contributed by atoms with Gasteiger partial charge in [0, 0.05) is 6.42 Å². The first-order chi connectivity index (χ1) is 5.42. The third kappa shape index (κ3) is 2.74. The molecule has 1 atom stereocenters. The van der Waals surface area contributed by atoms with E-state index in [4.69, 9.17) is 0 Å². The number of carbonyl (C=O) groups excluding carboxylic acids is 2. The minimum atomic E-state index is -1.77. The molecule has 0 fully saturated rings. The van der Waals surface area contributed by atoms with E-state index in [0.29, 0.717) is 0 Å². The largest absolute Gasteiger partial charge is 0.375 e. The van der Waals surface area contributed by atoms with Crippen LogP contribution in [0.25, 0.3) is 0 Å². The fraction of sp³-hybridized carbons (Fsp3) is 0.778. The predicted octanol–water partition coefficient (Wildman–Crippen LogP) is 1.09. The first kappa shape index (κ1) is 11.3. The molecule has 70 valence electrons. The molecule has 0 radical (unpaired) electrons. The van der Waals surface area contributed by atoms with Crippen LogP contribution in [0, 0.1) is 0 Å². The Hall–Kier alpha value is -0.700. The van der Waals surface area contributed by atoms with Crippen molar-refractivity contribution >= 4 is 11.6 Å². The number of unbranched alkanes of at least 4 members (excludes halogenated alkanes) is 1. The molecule has 0 bridgehead atoms. The maximum absolute atomic E-state index is 11.2. The van der Waals surface area contributed by atoms with Crippen LogP contribution in [0.15, 0.2) is 0 Å². The van der Waals surface area contributed by atoms with Gasteiger partial charge >= 0.3 is 0 Å². The Morgan fingerprint density at radius 3 is 2.25 bits per heavy atom. The quantitative estimate of drug-likeness (QED) is 0.631. The van der Waals surface area contributed by atoms with E-state index in [2.05, 4.69) is 0 Å². The first-order valence-electron chi connectivity index (χ1n) is 4.19. The van der Waals surface area contributed by atoms with Gasteiger partial charge in [-0.1, -0.05) is 13.3 Å². The summed E-state index contributed by atoms with van der Waals surface area (Å²) in [5.74, 6) is -0.861. The van der Waals surface area contributed by atoms with Crippen LogP contribution >= 0.6 is 0 Å². The first-order valence-corrected chi connectivity index (χ1v) is 4.19. The van der Waals surface area contributed by atoms with Crippen molar-refractivity contribution in [2.75, 3.05) is 0 Å². The van der Waals surface area contributed by atoms with E-state index in [0.717, 1.165) is 12.8 Å². The van der Waals surface area contributed by atoms with Gasteiger partial charge in [-0.2, -0.15) is 0 Å². The molecule has 0 aliphatic rings. The SMILES string of the molecule is CCCCC(=O)[C@](C)(O)C(C)=O. The minimum absolute atomic E-state index is 0.281. The van der Waals surface area contributed by atoms with E-state index < -0.39 is 11.4 Å². The van der Waals surface area contributed by atoms with Crippen LogP contribution in [-0.2, 0) is 9.59 Å².